The van der Waals surface area contributed by atoms with Gasteiger partial charge in [0.15, 0.2) is 5.69 Å². The Morgan fingerprint density at radius 1 is 1.17 bits per heavy atom. The number of amides is 1. The van der Waals surface area contributed by atoms with Crippen molar-refractivity contribution in [3.8, 4) is 0 Å². The largest absolute Gasteiger partial charge is 0.490 e. The number of aromatic nitrogens is 2. The lowest BCUT2D eigenvalue weighted by molar-refractivity contribution is -0.192. The van der Waals surface area contributed by atoms with Gasteiger partial charge in [-0.15, -0.1) is 0 Å². The van der Waals surface area contributed by atoms with Gasteiger partial charge in [-0.2, -0.15) is 31.4 Å². The maximum atomic E-state index is 12.8. The van der Waals surface area contributed by atoms with Crippen LogP contribution >= 0.6 is 0 Å². The number of aromatic amines is 1. The lowest BCUT2D eigenvalue weighted by Gasteiger charge is -2.41. The molecule has 0 aliphatic carbocycles. The van der Waals surface area contributed by atoms with Crippen molar-refractivity contribution in [1.82, 2.24) is 20.8 Å². The minimum atomic E-state index is -5.08. The molecule has 1 saturated heterocycles. The summed E-state index contributed by atoms with van der Waals surface area (Å²) in [5.74, 6) is -3.33. The van der Waals surface area contributed by atoms with E-state index in [9.17, 15) is 36.2 Å². The Hall–Kier alpha value is -2.87. The molecule has 0 bridgehead atoms. The van der Waals surface area contributed by atoms with Crippen LogP contribution in [0.1, 0.15) is 16.1 Å². The molecule has 1 aromatic carbocycles. The Morgan fingerprint density at radius 2 is 1.77 bits per heavy atom. The molecule has 0 spiro atoms. The summed E-state index contributed by atoms with van der Waals surface area (Å²) in [7, 11) is 0. The third-order valence-corrected chi connectivity index (χ3v) is 4.31. The van der Waals surface area contributed by atoms with Crippen LogP contribution in [0.2, 0.25) is 0 Å². The quantitative estimate of drug-likeness (QED) is 0.457. The van der Waals surface area contributed by atoms with Crippen molar-refractivity contribution in [2.45, 2.75) is 12.4 Å². The summed E-state index contributed by atoms with van der Waals surface area (Å²) in [6.45, 7) is 1.29. The molecule has 0 radical (unpaired) electrons. The molecular formula is C16H16F6N4O4. The molecule has 2 heterocycles. The molecule has 1 aromatic heterocycles. The normalized spacial score (nSPS) is 15.7. The summed E-state index contributed by atoms with van der Waals surface area (Å²) in [6, 6.07) is 3.08. The number of carbonyl (C=O) groups excluding carboxylic acids is 1. The van der Waals surface area contributed by atoms with E-state index in [2.05, 4.69) is 20.8 Å². The highest BCUT2D eigenvalue weighted by atomic mass is 19.4. The number of halogens is 6. The fourth-order valence-electron chi connectivity index (χ4n) is 2.49. The number of carboxylic acid groups (broad SMARTS) is 1. The number of hydrogen-bond donors (Lipinski definition) is 5. The molecule has 1 amide bonds. The molecule has 1 fully saturated rings. The fourth-order valence-corrected chi connectivity index (χ4v) is 2.49. The van der Waals surface area contributed by atoms with Crippen molar-refractivity contribution in [3.63, 3.8) is 0 Å². The van der Waals surface area contributed by atoms with Crippen LogP contribution in [0.15, 0.2) is 18.2 Å². The van der Waals surface area contributed by atoms with E-state index in [0.717, 1.165) is 12.1 Å². The highest BCUT2D eigenvalue weighted by Gasteiger charge is 2.38. The summed E-state index contributed by atoms with van der Waals surface area (Å²) in [6.07, 6.45) is -9.57. The third kappa shape index (κ3) is 5.38. The molecule has 166 valence electrons. The Balaban J connectivity index is 0.000000396. The van der Waals surface area contributed by atoms with Crippen LogP contribution < -0.4 is 10.6 Å². The van der Waals surface area contributed by atoms with Crippen molar-refractivity contribution in [2.24, 2.45) is 5.41 Å². The number of benzene rings is 1. The number of hydrogen-bond acceptors (Lipinski definition) is 5. The van der Waals surface area contributed by atoms with Crippen molar-refractivity contribution in [2.75, 3.05) is 26.2 Å². The first kappa shape index (κ1) is 23.4. The number of rotatable bonds is 4. The molecule has 2 aromatic rings. The van der Waals surface area contributed by atoms with E-state index in [1.54, 1.807) is 0 Å². The molecule has 3 rings (SSSR count). The van der Waals surface area contributed by atoms with E-state index in [4.69, 9.17) is 9.90 Å². The summed E-state index contributed by atoms with van der Waals surface area (Å²) < 4.78 is 70.1. The summed E-state index contributed by atoms with van der Waals surface area (Å²) in [4.78, 5) is 21.1. The Labute approximate surface area is 164 Å². The third-order valence-electron chi connectivity index (χ3n) is 4.31. The van der Waals surface area contributed by atoms with Gasteiger partial charge in [0.1, 0.15) is 0 Å². The van der Waals surface area contributed by atoms with E-state index in [-0.39, 0.29) is 24.2 Å². The number of nitrogens with zero attached hydrogens (tertiary/aromatic N) is 1. The number of carbonyl (C=O) groups is 2. The van der Waals surface area contributed by atoms with E-state index in [0.29, 0.717) is 18.6 Å². The number of H-pyrrole nitrogens is 1. The number of fused-ring (bicyclic) bond motifs is 1. The summed E-state index contributed by atoms with van der Waals surface area (Å²) in [5, 5.41) is 28.6. The van der Waals surface area contributed by atoms with E-state index < -0.39 is 35.2 Å². The predicted octanol–water partition coefficient (Wildman–Crippen LogP) is 1.53. The van der Waals surface area contributed by atoms with Gasteiger partial charge in [0, 0.05) is 30.4 Å². The first-order chi connectivity index (χ1) is 13.8. The highest BCUT2D eigenvalue weighted by Crippen LogP contribution is 2.31. The molecule has 8 nitrogen and oxygen atoms in total. The highest BCUT2D eigenvalue weighted by molar-refractivity contribution is 6.04. The Kier molecular flexibility index (Phi) is 6.61. The fraction of sp³-hybridized carbons (Fsp3) is 0.438. The Morgan fingerprint density at radius 3 is 2.20 bits per heavy atom. The van der Waals surface area contributed by atoms with Crippen LogP contribution in [0.25, 0.3) is 10.9 Å². The topological polar surface area (TPSA) is 127 Å². The Bertz CT molecular complexity index is 915. The lowest BCUT2D eigenvalue weighted by atomic mass is 9.82. The zero-order chi connectivity index (χ0) is 22.7. The van der Waals surface area contributed by atoms with E-state index in [1.807, 2.05) is 0 Å². The number of nitrogens with one attached hydrogen (secondary N) is 3. The van der Waals surface area contributed by atoms with E-state index in [1.165, 1.54) is 6.07 Å². The van der Waals surface area contributed by atoms with Crippen molar-refractivity contribution in [3.05, 3.63) is 29.5 Å². The zero-order valence-corrected chi connectivity index (χ0v) is 15.0. The van der Waals surface area contributed by atoms with Gasteiger partial charge in [-0.1, -0.05) is 0 Å². The molecular weight excluding hydrogens is 426 g/mol. The zero-order valence-electron chi connectivity index (χ0n) is 15.0. The molecule has 14 heteroatoms. The smallest absolute Gasteiger partial charge is 0.475 e. The van der Waals surface area contributed by atoms with Crippen LogP contribution in [-0.2, 0) is 11.0 Å². The predicted molar refractivity (Wildman–Crippen MR) is 89.5 cm³/mol. The van der Waals surface area contributed by atoms with Crippen molar-refractivity contribution in [1.29, 1.82) is 0 Å². The average molecular weight is 442 g/mol. The minimum absolute atomic E-state index is 0.0835. The maximum Gasteiger partial charge on any atom is 0.490 e. The van der Waals surface area contributed by atoms with Crippen molar-refractivity contribution < 1.29 is 46.1 Å². The maximum absolute atomic E-state index is 12.8. The van der Waals surface area contributed by atoms with Gasteiger partial charge < -0.3 is 20.8 Å². The summed E-state index contributed by atoms with van der Waals surface area (Å²) in [5.41, 5.74) is -0.994. The summed E-state index contributed by atoms with van der Waals surface area (Å²) >= 11 is 0. The van der Waals surface area contributed by atoms with Crippen LogP contribution in [-0.4, -0.2) is 64.7 Å². The van der Waals surface area contributed by atoms with Gasteiger partial charge in [0.2, 0.25) is 0 Å². The second-order valence-electron chi connectivity index (χ2n) is 6.58. The lowest BCUT2D eigenvalue weighted by Crippen LogP contribution is -2.60. The number of aliphatic hydroxyl groups is 1. The number of aliphatic hydroxyl groups excluding tert-OH is 1. The molecule has 5 N–H and O–H groups in total. The van der Waals surface area contributed by atoms with Crippen LogP contribution in [0.4, 0.5) is 26.3 Å². The van der Waals surface area contributed by atoms with Crippen molar-refractivity contribution >= 4 is 22.8 Å². The monoisotopic (exact) mass is 442 g/mol. The number of aliphatic carboxylic acids is 1. The molecule has 30 heavy (non-hydrogen) atoms. The van der Waals surface area contributed by atoms with Gasteiger partial charge >= 0.3 is 18.3 Å². The molecule has 1 aliphatic heterocycles. The first-order valence-electron chi connectivity index (χ1n) is 8.24. The molecule has 0 atom stereocenters. The van der Waals surface area contributed by atoms with Gasteiger partial charge in [0.25, 0.3) is 5.91 Å². The number of carboxylic acids is 1. The SMILES string of the molecule is O=C(NCC1(CO)CNC1)c1n[nH]c2ccc(C(F)(F)F)cc12.O=C(O)C(F)(F)F. The average Bonchev–Trinajstić information content (AvgIpc) is 3.03. The van der Waals surface area contributed by atoms with Gasteiger partial charge in [-0.25, -0.2) is 4.79 Å². The van der Waals surface area contributed by atoms with Crippen LogP contribution in [0.5, 0.6) is 0 Å². The van der Waals surface area contributed by atoms with Gasteiger partial charge in [0.05, 0.1) is 17.7 Å². The van der Waals surface area contributed by atoms with Gasteiger partial charge in [-0.3, -0.25) is 9.89 Å². The number of alkyl halides is 6. The minimum Gasteiger partial charge on any atom is -0.475 e. The van der Waals surface area contributed by atoms with Crippen LogP contribution in [0, 0.1) is 5.41 Å². The molecule has 0 unspecified atom stereocenters. The van der Waals surface area contributed by atoms with Gasteiger partial charge in [-0.05, 0) is 18.2 Å². The standard InChI is InChI=1S/C14H15F3N4O2.C2HF3O2/c15-14(16,17)8-1-2-10-9(3-8)11(21-20-10)12(23)19-6-13(7-22)4-18-5-13;3-2(4,5)1(6)7/h1-3,18,22H,4-7H2,(H,19,23)(H,20,21);(H,6,7). The molecule has 1 aliphatic rings. The first-order valence-corrected chi connectivity index (χ1v) is 8.24. The van der Waals surface area contributed by atoms with E-state index >= 15 is 0 Å². The second-order valence-corrected chi connectivity index (χ2v) is 6.58. The molecule has 0 saturated carbocycles. The second kappa shape index (κ2) is 8.47. The van der Waals surface area contributed by atoms with Crippen LogP contribution in [0.3, 0.4) is 0 Å².